The standard InChI is InChI=1S/C15H12ClN3O/c16-12-6-10(17)7-13(18)15(12)20-11-5-9-3-1-2-4-14(9)19-8-11/h1-8H,17-18H2. The van der Waals surface area contributed by atoms with Gasteiger partial charge in [-0.15, -0.1) is 0 Å². The maximum atomic E-state index is 6.10. The maximum Gasteiger partial charge on any atom is 0.169 e. The lowest BCUT2D eigenvalue weighted by Gasteiger charge is -2.11. The smallest absolute Gasteiger partial charge is 0.169 e. The van der Waals surface area contributed by atoms with E-state index in [2.05, 4.69) is 4.98 Å². The number of rotatable bonds is 2. The van der Waals surface area contributed by atoms with E-state index in [4.69, 9.17) is 27.8 Å². The summed E-state index contributed by atoms with van der Waals surface area (Å²) in [5.41, 5.74) is 13.3. The van der Waals surface area contributed by atoms with Crippen LogP contribution in [0.2, 0.25) is 5.02 Å². The van der Waals surface area contributed by atoms with Crippen molar-refractivity contribution in [2.24, 2.45) is 0 Å². The lowest BCUT2D eigenvalue weighted by Crippen LogP contribution is -1.96. The largest absolute Gasteiger partial charge is 0.452 e. The van der Waals surface area contributed by atoms with Crippen LogP contribution in [-0.2, 0) is 0 Å². The van der Waals surface area contributed by atoms with Gasteiger partial charge in [0, 0.05) is 11.1 Å². The van der Waals surface area contributed by atoms with Crippen molar-refractivity contribution in [2.75, 3.05) is 11.5 Å². The highest BCUT2D eigenvalue weighted by Crippen LogP contribution is 2.37. The Bertz CT molecular complexity index is 766. The third-order valence-corrected chi connectivity index (χ3v) is 3.16. The second kappa shape index (κ2) is 4.90. The number of hydrogen-bond acceptors (Lipinski definition) is 4. The molecule has 0 fully saturated rings. The topological polar surface area (TPSA) is 74.2 Å². The van der Waals surface area contributed by atoms with Crippen LogP contribution in [0.15, 0.2) is 48.7 Å². The molecule has 1 aromatic heterocycles. The molecule has 4 nitrogen and oxygen atoms in total. The highest BCUT2D eigenvalue weighted by atomic mass is 35.5. The van der Waals surface area contributed by atoms with E-state index in [1.54, 1.807) is 18.3 Å². The zero-order valence-electron chi connectivity index (χ0n) is 10.5. The number of hydrogen-bond donors (Lipinski definition) is 2. The minimum absolute atomic E-state index is 0.371. The molecular weight excluding hydrogens is 274 g/mol. The Morgan fingerprint density at radius 2 is 1.85 bits per heavy atom. The zero-order valence-corrected chi connectivity index (χ0v) is 11.3. The molecule has 0 radical (unpaired) electrons. The first kappa shape index (κ1) is 12.6. The Morgan fingerprint density at radius 1 is 1.05 bits per heavy atom. The Hall–Kier alpha value is -2.46. The van der Waals surface area contributed by atoms with Crippen molar-refractivity contribution in [3.05, 3.63) is 53.7 Å². The maximum absolute atomic E-state index is 6.10. The van der Waals surface area contributed by atoms with Crippen LogP contribution in [0.5, 0.6) is 11.5 Å². The number of aromatic nitrogens is 1. The van der Waals surface area contributed by atoms with E-state index in [1.165, 1.54) is 0 Å². The Balaban J connectivity index is 2.01. The van der Waals surface area contributed by atoms with Crippen LogP contribution in [0.4, 0.5) is 11.4 Å². The first-order chi connectivity index (χ1) is 9.63. The Labute approximate surface area is 120 Å². The van der Waals surface area contributed by atoms with Gasteiger partial charge in [0.15, 0.2) is 5.75 Å². The molecule has 1 heterocycles. The fourth-order valence-corrected chi connectivity index (χ4v) is 2.24. The summed E-state index contributed by atoms with van der Waals surface area (Å²) in [6.07, 6.45) is 1.63. The van der Waals surface area contributed by atoms with Gasteiger partial charge >= 0.3 is 0 Å². The summed E-state index contributed by atoms with van der Waals surface area (Å²) in [4.78, 5) is 4.32. The van der Waals surface area contributed by atoms with Gasteiger partial charge in [0.2, 0.25) is 0 Å². The van der Waals surface area contributed by atoms with E-state index in [1.807, 2.05) is 30.3 Å². The third-order valence-electron chi connectivity index (χ3n) is 2.88. The predicted octanol–water partition coefficient (Wildman–Crippen LogP) is 3.84. The minimum atomic E-state index is 0.371. The van der Waals surface area contributed by atoms with E-state index >= 15 is 0 Å². The molecule has 0 spiro atoms. The van der Waals surface area contributed by atoms with Gasteiger partial charge in [-0.25, -0.2) is 0 Å². The van der Waals surface area contributed by atoms with Gasteiger partial charge < -0.3 is 16.2 Å². The molecule has 0 bridgehead atoms. The fourth-order valence-electron chi connectivity index (χ4n) is 1.97. The lowest BCUT2D eigenvalue weighted by atomic mass is 10.2. The summed E-state index contributed by atoms with van der Waals surface area (Å²) in [5, 5.41) is 1.35. The number of anilines is 2. The average Bonchev–Trinajstić information content (AvgIpc) is 2.42. The number of para-hydroxylation sites is 1. The van der Waals surface area contributed by atoms with Crippen molar-refractivity contribution < 1.29 is 4.74 Å². The second-order valence-electron chi connectivity index (χ2n) is 4.39. The number of benzene rings is 2. The molecule has 0 aliphatic rings. The summed E-state index contributed by atoms with van der Waals surface area (Å²) < 4.78 is 5.73. The number of nitrogens with zero attached hydrogens (tertiary/aromatic N) is 1. The first-order valence-electron chi connectivity index (χ1n) is 6.00. The van der Waals surface area contributed by atoms with Crippen molar-refractivity contribution in [3.63, 3.8) is 0 Å². The van der Waals surface area contributed by atoms with Crippen LogP contribution in [0.1, 0.15) is 0 Å². The molecule has 20 heavy (non-hydrogen) atoms. The number of nitrogen functional groups attached to an aromatic ring is 2. The molecule has 0 atom stereocenters. The quantitative estimate of drug-likeness (QED) is 0.702. The SMILES string of the molecule is Nc1cc(N)c(Oc2cnc3ccccc3c2)c(Cl)c1. The fraction of sp³-hybridized carbons (Fsp3) is 0. The van der Waals surface area contributed by atoms with Gasteiger partial charge in [0.25, 0.3) is 0 Å². The summed E-state index contributed by atoms with van der Waals surface area (Å²) in [6, 6.07) is 12.9. The molecule has 0 aliphatic heterocycles. The summed E-state index contributed by atoms with van der Waals surface area (Å²) in [5.74, 6) is 0.958. The molecule has 0 unspecified atom stereocenters. The van der Waals surface area contributed by atoms with Crippen LogP contribution in [-0.4, -0.2) is 4.98 Å². The molecule has 0 saturated heterocycles. The van der Waals surface area contributed by atoms with Crippen LogP contribution < -0.4 is 16.2 Å². The van der Waals surface area contributed by atoms with E-state index in [9.17, 15) is 0 Å². The summed E-state index contributed by atoms with van der Waals surface area (Å²) in [7, 11) is 0. The van der Waals surface area contributed by atoms with E-state index in [0.717, 1.165) is 10.9 Å². The van der Waals surface area contributed by atoms with Crippen molar-refractivity contribution in [1.82, 2.24) is 4.98 Å². The van der Waals surface area contributed by atoms with Crippen LogP contribution in [0, 0.1) is 0 Å². The van der Waals surface area contributed by atoms with Crippen molar-refractivity contribution in [2.45, 2.75) is 0 Å². The molecule has 5 heteroatoms. The van der Waals surface area contributed by atoms with Gasteiger partial charge in [-0.2, -0.15) is 0 Å². The average molecular weight is 286 g/mol. The minimum Gasteiger partial charge on any atom is -0.452 e. The third kappa shape index (κ3) is 2.33. The monoisotopic (exact) mass is 285 g/mol. The van der Waals surface area contributed by atoms with Gasteiger partial charge in [-0.1, -0.05) is 29.8 Å². The van der Waals surface area contributed by atoms with Gasteiger partial charge in [-0.05, 0) is 24.3 Å². The molecule has 0 amide bonds. The Kier molecular flexibility index (Phi) is 3.08. The molecule has 4 N–H and O–H groups in total. The van der Waals surface area contributed by atoms with Gasteiger partial charge in [0.05, 0.1) is 22.4 Å². The van der Waals surface area contributed by atoms with Crippen LogP contribution in [0.25, 0.3) is 10.9 Å². The molecule has 0 aliphatic carbocycles. The number of halogens is 1. The van der Waals surface area contributed by atoms with Gasteiger partial charge in [-0.3, -0.25) is 4.98 Å². The number of fused-ring (bicyclic) bond motifs is 1. The molecule has 100 valence electrons. The number of nitrogens with two attached hydrogens (primary N) is 2. The van der Waals surface area contributed by atoms with Crippen LogP contribution >= 0.6 is 11.6 Å². The van der Waals surface area contributed by atoms with E-state index < -0.39 is 0 Å². The molecule has 0 saturated carbocycles. The number of ether oxygens (including phenoxy) is 1. The second-order valence-corrected chi connectivity index (χ2v) is 4.79. The Morgan fingerprint density at radius 3 is 2.65 bits per heavy atom. The molecular formula is C15H12ClN3O. The van der Waals surface area contributed by atoms with Crippen molar-refractivity contribution >= 4 is 33.9 Å². The normalized spacial score (nSPS) is 10.7. The highest BCUT2D eigenvalue weighted by Gasteiger charge is 2.09. The van der Waals surface area contributed by atoms with Crippen molar-refractivity contribution in [3.8, 4) is 11.5 Å². The van der Waals surface area contributed by atoms with E-state index in [-0.39, 0.29) is 0 Å². The summed E-state index contributed by atoms with van der Waals surface area (Å²) >= 11 is 6.10. The summed E-state index contributed by atoms with van der Waals surface area (Å²) in [6.45, 7) is 0. The highest BCUT2D eigenvalue weighted by molar-refractivity contribution is 6.32. The van der Waals surface area contributed by atoms with E-state index in [0.29, 0.717) is 27.9 Å². The zero-order chi connectivity index (χ0) is 14.1. The van der Waals surface area contributed by atoms with Gasteiger partial charge in [0.1, 0.15) is 5.75 Å². The predicted molar refractivity (Wildman–Crippen MR) is 82.1 cm³/mol. The molecule has 3 rings (SSSR count). The molecule has 3 aromatic rings. The first-order valence-corrected chi connectivity index (χ1v) is 6.38. The van der Waals surface area contributed by atoms with Crippen LogP contribution in [0.3, 0.4) is 0 Å². The lowest BCUT2D eigenvalue weighted by molar-refractivity contribution is 0.484. The van der Waals surface area contributed by atoms with Crippen molar-refractivity contribution in [1.29, 1.82) is 0 Å². The molecule has 2 aromatic carbocycles. The number of pyridine rings is 1.